The van der Waals surface area contributed by atoms with E-state index in [4.69, 9.17) is 5.73 Å². The van der Waals surface area contributed by atoms with Crippen molar-refractivity contribution in [3.8, 4) is 0 Å². The Balaban J connectivity index is 1.93. The average molecular weight is 275 g/mol. The molecule has 3 N–H and O–H groups in total. The second-order valence-corrected chi connectivity index (χ2v) is 5.95. The number of carbonyl (C=O) groups excluding carboxylic acids is 1. The Labute approximate surface area is 121 Å². The molecule has 2 rings (SSSR count). The van der Waals surface area contributed by atoms with Crippen molar-refractivity contribution in [3.05, 3.63) is 23.8 Å². The van der Waals surface area contributed by atoms with E-state index in [2.05, 4.69) is 24.1 Å². The zero-order chi connectivity index (χ0) is 14.5. The maximum atomic E-state index is 12.0. The molecule has 110 valence electrons. The van der Waals surface area contributed by atoms with Crippen LogP contribution in [0.5, 0.6) is 0 Å². The number of aryl methyl sites for hydroxylation is 1. The van der Waals surface area contributed by atoms with Crippen LogP contribution in [0, 0.1) is 5.92 Å². The van der Waals surface area contributed by atoms with Crippen molar-refractivity contribution < 1.29 is 4.79 Å². The van der Waals surface area contributed by atoms with Gasteiger partial charge in [-0.05, 0) is 48.9 Å². The highest BCUT2D eigenvalue weighted by Gasteiger charge is 2.18. The first kappa shape index (κ1) is 14.7. The summed E-state index contributed by atoms with van der Waals surface area (Å²) in [6, 6.07) is 5.97. The molecule has 1 aromatic carbocycles. The maximum Gasteiger partial charge on any atom is 0.239 e. The Kier molecular flexibility index (Phi) is 4.88. The second-order valence-electron chi connectivity index (χ2n) is 5.95. The lowest BCUT2D eigenvalue weighted by Crippen LogP contribution is -2.40. The normalized spacial score (nSPS) is 14.2. The number of rotatable bonds is 5. The van der Waals surface area contributed by atoms with Crippen LogP contribution in [0.1, 0.15) is 32.3 Å². The Hall–Kier alpha value is -1.71. The third-order valence-corrected chi connectivity index (χ3v) is 3.70. The predicted molar refractivity (Wildman–Crippen MR) is 83.9 cm³/mol. The summed E-state index contributed by atoms with van der Waals surface area (Å²) in [6.07, 6.45) is 3.15. The van der Waals surface area contributed by atoms with E-state index in [1.165, 1.54) is 5.56 Å². The number of nitrogens with one attached hydrogen (secondary N) is 1. The molecule has 1 aliphatic rings. The second kappa shape index (κ2) is 6.64. The summed E-state index contributed by atoms with van der Waals surface area (Å²) in [5.74, 6) is 0.726. The minimum absolute atomic E-state index is 0.107. The number of hydrogen-bond donors (Lipinski definition) is 2. The topological polar surface area (TPSA) is 58.4 Å². The van der Waals surface area contributed by atoms with Crippen LogP contribution in [0.3, 0.4) is 0 Å². The van der Waals surface area contributed by atoms with Gasteiger partial charge in [0.2, 0.25) is 5.91 Å². The summed E-state index contributed by atoms with van der Waals surface area (Å²) in [5.41, 5.74) is 9.04. The van der Waals surface area contributed by atoms with Gasteiger partial charge in [0, 0.05) is 24.5 Å². The van der Waals surface area contributed by atoms with E-state index in [-0.39, 0.29) is 5.91 Å². The van der Waals surface area contributed by atoms with Crippen LogP contribution in [-0.4, -0.2) is 25.5 Å². The summed E-state index contributed by atoms with van der Waals surface area (Å²) >= 11 is 0. The molecule has 0 unspecified atom stereocenters. The van der Waals surface area contributed by atoms with Gasteiger partial charge < -0.3 is 16.0 Å². The fraction of sp³-hybridized carbons (Fsp3) is 0.562. The Morgan fingerprint density at radius 3 is 3.00 bits per heavy atom. The van der Waals surface area contributed by atoms with Crippen molar-refractivity contribution >= 4 is 17.3 Å². The quantitative estimate of drug-likeness (QED) is 0.810. The van der Waals surface area contributed by atoms with Gasteiger partial charge in [0.15, 0.2) is 0 Å². The fourth-order valence-electron chi connectivity index (χ4n) is 2.59. The molecule has 1 heterocycles. The molecule has 0 bridgehead atoms. The van der Waals surface area contributed by atoms with Gasteiger partial charge in [-0.2, -0.15) is 0 Å². The smallest absolute Gasteiger partial charge is 0.239 e. The summed E-state index contributed by atoms with van der Waals surface area (Å²) in [4.78, 5) is 14.1. The molecule has 0 aliphatic carbocycles. The number of carbonyl (C=O) groups is 1. The summed E-state index contributed by atoms with van der Waals surface area (Å²) < 4.78 is 0. The Morgan fingerprint density at radius 2 is 2.25 bits per heavy atom. The molecule has 4 heteroatoms. The molecule has 0 saturated carbocycles. The van der Waals surface area contributed by atoms with Crippen molar-refractivity contribution in [3.63, 3.8) is 0 Å². The van der Waals surface area contributed by atoms with Gasteiger partial charge in [-0.1, -0.05) is 13.8 Å². The number of nitrogens with two attached hydrogens (primary N) is 1. The molecule has 0 radical (unpaired) electrons. The molecular formula is C16H25N3O. The van der Waals surface area contributed by atoms with Crippen LogP contribution < -0.4 is 16.0 Å². The van der Waals surface area contributed by atoms with Gasteiger partial charge in [0.1, 0.15) is 0 Å². The van der Waals surface area contributed by atoms with Crippen LogP contribution in [0.2, 0.25) is 0 Å². The van der Waals surface area contributed by atoms with Gasteiger partial charge in [-0.3, -0.25) is 4.79 Å². The lowest BCUT2D eigenvalue weighted by molar-refractivity contribution is -0.119. The molecule has 1 aliphatic heterocycles. The maximum absolute atomic E-state index is 12.0. The standard InChI is InChI=1S/C16H25N3O/c1-12(2)7-8-18-16(20)11-19-9-3-4-13-10-14(17)5-6-15(13)19/h5-6,10,12H,3-4,7-9,11,17H2,1-2H3,(H,18,20). The highest BCUT2D eigenvalue weighted by molar-refractivity contribution is 5.82. The zero-order valence-electron chi connectivity index (χ0n) is 12.5. The lowest BCUT2D eigenvalue weighted by Gasteiger charge is -2.31. The largest absolute Gasteiger partial charge is 0.399 e. The Morgan fingerprint density at radius 1 is 1.45 bits per heavy atom. The van der Waals surface area contributed by atoms with Crippen LogP contribution >= 0.6 is 0 Å². The molecule has 0 saturated heterocycles. The van der Waals surface area contributed by atoms with E-state index in [0.29, 0.717) is 12.5 Å². The highest BCUT2D eigenvalue weighted by atomic mass is 16.2. The number of amides is 1. The molecule has 1 aromatic rings. The Bertz CT molecular complexity index is 471. The van der Waals surface area contributed by atoms with Crippen molar-refractivity contribution in [1.82, 2.24) is 5.32 Å². The van der Waals surface area contributed by atoms with Crippen LogP contribution in [-0.2, 0) is 11.2 Å². The molecule has 0 aromatic heterocycles. The van der Waals surface area contributed by atoms with Gasteiger partial charge in [-0.15, -0.1) is 0 Å². The molecular weight excluding hydrogens is 250 g/mol. The first-order chi connectivity index (χ1) is 9.56. The van der Waals surface area contributed by atoms with Crippen molar-refractivity contribution in [1.29, 1.82) is 0 Å². The van der Waals surface area contributed by atoms with E-state index in [9.17, 15) is 4.79 Å². The van der Waals surface area contributed by atoms with Crippen LogP contribution in [0.4, 0.5) is 11.4 Å². The summed E-state index contributed by atoms with van der Waals surface area (Å²) in [7, 11) is 0. The van der Waals surface area contributed by atoms with Gasteiger partial charge in [-0.25, -0.2) is 0 Å². The number of fused-ring (bicyclic) bond motifs is 1. The summed E-state index contributed by atoms with van der Waals surface area (Å²) in [6.45, 7) is 6.47. The minimum atomic E-state index is 0.107. The van der Waals surface area contributed by atoms with E-state index < -0.39 is 0 Å². The molecule has 20 heavy (non-hydrogen) atoms. The third kappa shape index (κ3) is 3.89. The molecule has 1 amide bonds. The van der Waals surface area contributed by atoms with Crippen molar-refractivity contribution in [2.45, 2.75) is 33.1 Å². The first-order valence-corrected chi connectivity index (χ1v) is 7.46. The average Bonchev–Trinajstić information content (AvgIpc) is 2.38. The third-order valence-electron chi connectivity index (χ3n) is 3.70. The monoisotopic (exact) mass is 275 g/mol. The number of benzene rings is 1. The van der Waals surface area contributed by atoms with E-state index in [0.717, 1.165) is 43.7 Å². The number of hydrogen-bond acceptors (Lipinski definition) is 3. The van der Waals surface area contributed by atoms with Gasteiger partial charge >= 0.3 is 0 Å². The number of nitrogen functional groups attached to an aromatic ring is 1. The van der Waals surface area contributed by atoms with Crippen LogP contribution in [0.25, 0.3) is 0 Å². The molecule has 4 nitrogen and oxygen atoms in total. The minimum Gasteiger partial charge on any atom is -0.399 e. The van der Waals surface area contributed by atoms with Gasteiger partial charge in [0.25, 0.3) is 0 Å². The van der Waals surface area contributed by atoms with Crippen molar-refractivity contribution in [2.75, 3.05) is 30.3 Å². The lowest BCUT2D eigenvalue weighted by atomic mass is 10.0. The molecule has 0 atom stereocenters. The van der Waals surface area contributed by atoms with E-state index in [1.807, 2.05) is 18.2 Å². The van der Waals surface area contributed by atoms with Gasteiger partial charge in [0.05, 0.1) is 6.54 Å². The van der Waals surface area contributed by atoms with E-state index in [1.54, 1.807) is 0 Å². The molecule has 0 spiro atoms. The summed E-state index contributed by atoms with van der Waals surface area (Å²) in [5, 5.41) is 3.00. The number of nitrogens with zero attached hydrogens (tertiary/aromatic N) is 1. The highest BCUT2D eigenvalue weighted by Crippen LogP contribution is 2.28. The van der Waals surface area contributed by atoms with E-state index >= 15 is 0 Å². The van der Waals surface area contributed by atoms with Crippen molar-refractivity contribution in [2.24, 2.45) is 5.92 Å². The zero-order valence-corrected chi connectivity index (χ0v) is 12.5. The predicted octanol–water partition coefficient (Wildman–Crippen LogP) is 2.18. The first-order valence-electron chi connectivity index (χ1n) is 7.46. The van der Waals surface area contributed by atoms with Crippen LogP contribution in [0.15, 0.2) is 18.2 Å². The SMILES string of the molecule is CC(C)CCNC(=O)CN1CCCc2cc(N)ccc21. The molecule has 0 fully saturated rings. The number of anilines is 2. The fourth-order valence-corrected chi connectivity index (χ4v) is 2.59.